The zero-order valence-corrected chi connectivity index (χ0v) is 13.6. The minimum absolute atomic E-state index is 0.133. The summed E-state index contributed by atoms with van der Waals surface area (Å²) in [6.45, 7) is 1.35. The molecule has 2 rings (SSSR count). The standard InChI is InChI=1S/C14H13Cl2N3O4/c1-2-5-18-12(21)13(22)19(14(18)23)7-11(20)17-8-3-4-9(15)10(16)6-8/h3-4,6H,2,5,7H2,1H3,(H,17,20). The first-order valence-electron chi connectivity index (χ1n) is 6.77. The molecule has 0 aliphatic carbocycles. The second kappa shape index (κ2) is 6.97. The maximum Gasteiger partial charge on any atom is 0.334 e. The van der Waals surface area contributed by atoms with E-state index in [2.05, 4.69) is 5.32 Å². The highest BCUT2D eigenvalue weighted by Crippen LogP contribution is 2.25. The van der Waals surface area contributed by atoms with Crippen molar-refractivity contribution < 1.29 is 19.2 Å². The topological polar surface area (TPSA) is 86.8 Å². The Morgan fingerprint density at radius 2 is 1.74 bits per heavy atom. The third-order valence-corrected chi connectivity index (χ3v) is 3.83. The van der Waals surface area contributed by atoms with Crippen LogP contribution in [0.5, 0.6) is 0 Å². The van der Waals surface area contributed by atoms with E-state index < -0.39 is 30.3 Å². The molecule has 1 aliphatic heterocycles. The number of imide groups is 2. The third-order valence-electron chi connectivity index (χ3n) is 3.09. The van der Waals surface area contributed by atoms with Crippen LogP contribution in [0.25, 0.3) is 0 Å². The van der Waals surface area contributed by atoms with Crippen molar-refractivity contribution in [1.29, 1.82) is 0 Å². The lowest BCUT2D eigenvalue weighted by atomic mass is 10.3. The normalized spacial score (nSPS) is 14.7. The third kappa shape index (κ3) is 3.62. The van der Waals surface area contributed by atoms with E-state index in [1.807, 2.05) is 0 Å². The van der Waals surface area contributed by atoms with Gasteiger partial charge in [-0.2, -0.15) is 0 Å². The Hall–Kier alpha value is -2.12. The molecular weight excluding hydrogens is 345 g/mol. The first-order valence-corrected chi connectivity index (χ1v) is 7.53. The second-order valence-electron chi connectivity index (χ2n) is 4.81. The highest BCUT2D eigenvalue weighted by atomic mass is 35.5. The van der Waals surface area contributed by atoms with E-state index >= 15 is 0 Å². The average molecular weight is 358 g/mol. The molecule has 1 heterocycles. The number of carbonyl (C=O) groups excluding carboxylic acids is 4. The molecule has 5 amide bonds. The van der Waals surface area contributed by atoms with E-state index in [1.54, 1.807) is 6.92 Å². The van der Waals surface area contributed by atoms with Crippen molar-refractivity contribution in [1.82, 2.24) is 9.80 Å². The number of amides is 5. The lowest BCUT2D eigenvalue weighted by molar-refractivity contribution is -0.143. The molecule has 0 saturated carbocycles. The Balaban J connectivity index is 2.05. The average Bonchev–Trinajstić information content (AvgIpc) is 2.69. The number of hydrogen-bond acceptors (Lipinski definition) is 4. The summed E-state index contributed by atoms with van der Waals surface area (Å²) in [5, 5.41) is 3.06. The van der Waals surface area contributed by atoms with Gasteiger partial charge in [0.2, 0.25) is 5.91 Å². The molecule has 1 N–H and O–H groups in total. The predicted molar refractivity (Wildman–Crippen MR) is 84.2 cm³/mol. The van der Waals surface area contributed by atoms with Crippen LogP contribution in [-0.4, -0.2) is 46.6 Å². The van der Waals surface area contributed by atoms with Crippen LogP contribution in [0, 0.1) is 0 Å². The lowest BCUT2D eigenvalue weighted by Gasteiger charge is -2.14. The quantitative estimate of drug-likeness (QED) is 0.645. The number of benzene rings is 1. The van der Waals surface area contributed by atoms with Gasteiger partial charge < -0.3 is 5.32 Å². The fraction of sp³-hybridized carbons (Fsp3) is 0.286. The predicted octanol–water partition coefficient (Wildman–Crippen LogP) is 2.13. The number of nitrogens with one attached hydrogen (secondary N) is 1. The Kier molecular flexibility index (Phi) is 5.23. The van der Waals surface area contributed by atoms with Crippen LogP contribution >= 0.6 is 23.2 Å². The zero-order chi connectivity index (χ0) is 17.1. The van der Waals surface area contributed by atoms with Crippen LogP contribution in [0.1, 0.15) is 13.3 Å². The number of hydrogen-bond donors (Lipinski definition) is 1. The summed E-state index contributed by atoms with van der Waals surface area (Å²) in [5.74, 6) is -2.55. The number of halogens is 2. The first kappa shape index (κ1) is 17.2. The van der Waals surface area contributed by atoms with E-state index in [1.165, 1.54) is 18.2 Å². The molecule has 0 spiro atoms. The van der Waals surface area contributed by atoms with Crippen molar-refractivity contribution in [3.63, 3.8) is 0 Å². The van der Waals surface area contributed by atoms with Gasteiger partial charge in [-0.15, -0.1) is 0 Å². The van der Waals surface area contributed by atoms with E-state index in [9.17, 15) is 19.2 Å². The molecule has 0 atom stereocenters. The molecule has 1 aromatic rings. The Morgan fingerprint density at radius 1 is 1.09 bits per heavy atom. The van der Waals surface area contributed by atoms with Gasteiger partial charge >= 0.3 is 17.8 Å². The first-order chi connectivity index (χ1) is 10.8. The maximum absolute atomic E-state index is 12.0. The molecule has 0 bridgehead atoms. The molecule has 122 valence electrons. The van der Waals surface area contributed by atoms with Crippen LogP contribution in [0.4, 0.5) is 10.5 Å². The van der Waals surface area contributed by atoms with Gasteiger partial charge in [0.05, 0.1) is 10.0 Å². The molecule has 1 aromatic carbocycles. The Morgan fingerprint density at radius 3 is 2.35 bits per heavy atom. The summed E-state index contributed by atoms with van der Waals surface area (Å²) >= 11 is 11.6. The highest BCUT2D eigenvalue weighted by Gasteiger charge is 2.44. The fourth-order valence-corrected chi connectivity index (χ4v) is 2.33. The van der Waals surface area contributed by atoms with Gasteiger partial charge in [0.25, 0.3) is 0 Å². The Labute approximate surface area is 142 Å². The summed E-state index contributed by atoms with van der Waals surface area (Å²) in [5.41, 5.74) is 0.361. The van der Waals surface area contributed by atoms with Crippen molar-refractivity contribution in [3.05, 3.63) is 28.2 Å². The molecule has 1 saturated heterocycles. The second-order valence-corrected chi connectivity index (χ2v) is 5.62. The number of urea groups is 1. The molecule has 23 heavy (non-hydrogen) atoms. The van der Waals surface area contributed by atoms with Gasteiger partial charge in [-0.3, -0.25) is 19.3 Å². The van der Waals surface area contributed by atoms with Gasteiger partial charge in [0, 0.05) is 12.2 Å². The van der Waals surface area contributed by atoms with Crippen molar-refractivity contribution in [2.45, 2.75) is 13.3 Å². The molecule has 0 aromatic heterocycles. The van der Waals surface area contributed by atoms with Gasteiger partial charge in [-0.1, -0.05) is 30.1 Å². The van der Waals surface area contributed by atoms with Crippen molar-refractivity contribution in [2.75, 3.05) is 18.4 Å². The van der Waals surface area contributed by atoms with Crippen molar-refractivity contribution >= 4 is 52.6 Å². The molecule has 0 unspecified atom stereocenters. The summed E-state index contributed by atoms with van der Waals surface area (Å²) in [6, 6.07) is 3.67. The van der Waals surface area contributed by atoms with E-state index in [-0.39, 0.29) is 11.6 Å². The largest absolute Gasteiger partial charge is 0.334 e. The fourth-order valence-electron chi connectivity index (χ4n) is 2.03. The van der Waals surface area contributed by atoms with Crippen LogP contribution in [0.15, 0.2) is 18.2 Å². The van der Waals surface area contributed by atoms with Gasteiger partial charge in [0.15, 0.2) is 0 Å². The molecule has 9 heteroatoms. The van der Waals surface area contributed by atoms with Gasteiger partial charge in [-0.25, -0.2) is 9.69 Å². The molecule has 7 nitrogen and oxygen atoms in total. The summed E-state index contributed by atoms with van der Waals surface area (Å²) < 4.78 is 0. The Bertz CT molecular complexity index is 693. The molecular formula is C14H13Cl2N3O4. The smallest absolute Gasteiger partial charge is 0.324 e. The summed E-state index contributed by atoms with van der Waals surface area (Å²) in [7, 11) is 0. The number of rotatable bonds is 5. The van der Waals surface area contributed by atoms with Crippen LogP contribution in [0.2, 0.25) is 10.0 Å². The highest BCUT2D eigenvalue weighted by molar-refractivity contribution is 6.45. The molecule has 0 radical (unpaired) electrons. The number of carbonyl (C=O) groups is 4. The zero-order valence-electron chi connectivity index (χ0n) is 12.1. The minimum atomic E-state index is -1.01. The minimum Gasteiger partial charge on any atom is -0.324 e. The maximum atomic E-state index is 12.0. The van der Waals surface area contributed by atoms with Crippen molar-refractivity contribution in [3.8, 4) is 0 Å². The number of nitrogens with zero attached hydrogens (tertiary/aromatic N) is 2. The molecule has 1 fully saturated rings. The van der Waals surface area contributed by atoms with Crippen LogP contribution in [-0.2, 0) is 14.4 Å². The van der Waals surface area contributed by atoms with E-state index in [4.69, 9.17) is 23.2 Å². The monoisotopic (exact) mass is 357 g/mol. The lowest BCUT2D eigenvalue weighted by Crippen LogP contribution is -2.39. The SMILES string of the molecule is CCCN1C(=O)C(=O)N(CC(=O)Nc2ccc(Cl)c(Cl)c2)C1=O. The summed E-state index contributed by atoms with van der Waals surface area (Å²) in [4.78, 5) is 48.9. The van der Waals surface area contributed by atoms with Gasteiger partial charge in [0.1, 0.15) is 6.54 Å². The van der Waals surface area contributed by atoms with Crippen molar-refractivity contribution in [2.24, 2.45) is 0 Å². The van der Waals surface area contributed by atoms with Crippen LogP contribution in [0.3, 0.4) is 0 Å². The van der Waals surface area contributed by atoms with Gasteiger partial charge in [-0.05, 0) is 24.6 Å². The van der Waals surface area contributed by atoms with E-state index in [0.717, 1.165) is 4.90 Å². The van der Waals surface area contributed by atoms with Crippen LogP contribution < -0.4 is 5.32 Å². The van der Waals surface area contributed by atoms with E-state index in [0.29, 0.717) is 22.0 Å². The molecule has 1 aliphatic rings. The summed E-state index contributed by atoms with van der Waals surface area (Å²) in [6.07, 6.45) is 0.522. The number of anilines is 1.